The van der Waals surface area contributed by atoms with Gasteiger partial charge in [0.25, 0.3) is 0 Å². The Morgan fingerprint density at radius 1 is 1.13 bits per heavy atom. The fraction of sp³-hybridized carbons (Fsp3) is 0.538. The van der Waals surface area contributed by atoms with Crippen molar-refractivity contribution < 1.29 is 4.74 Å². The van der Waals surface area contributed by atoms with E-state index in [0.717, 1.165) is 31.9 Å². The molecule has 0 saturated carbocycles. The normalized spacial score (nSPS) is 10.3. The summed E-state index contributed by atoms with van der Waals surface area (Å²) in [6.07, 6.45) is 2.23. The van der Waals surface area contributed by atoms with Gasteiger partial charge in [0.2, 0.25) is 0 Å². The molecule has 0 aliphatic carbocycles. The second kappa shape index (κ2) is 7.30. The first kappa shape index (κ1) is 12.1. The maximum atomic E-state index is 5.57. The summed E-state index contributed by atoms with van der Waals surface area (Å²) in [5.74, 6) is 1.03. The van der Waals surface area contributed by atoms with Crippen LogP contribution in [0, 0.1) is 0 Å². The zero-order valence-corrected chi connectivity index (χ0v) is 9.75. The molecule has 84 valence electrons. The SMILES string of the molecule is CCCNCCc1ccccc1OCC. The molecule has 0 unspecified atom stereocenters. The van der Waals surface area contributed by atoms with Gasteiger partial charge < -0.3 is 10.1 Å². The minimum atomic E-state index is 0.736. The van der Waals surface area contributed by atoms with Crippen LogP contribution < -0.4 is 10.1 Å². The topological polar surface area (TPSA) is 21.3 Å². The fourth-order valence-electron chi connectivity index (χ4n) is 1.53. The van der Waals surface area contributed by atoms with Crippen molar-refractivity contribution in [1.82, 2.24) is 5.32 Å². The molecule has 1 aromatic carbocycles. The van der Waals surface area contributed by atoms with Crippen molar-refractivity contribution in [2.24, 2.45) is 0 Å². The number of benzene rings is 1. The maximum Gasteiger partial charge on any atom is 0.122 e. The van der Waals surface area contributed by atoms with Crippen LogP contribution in [0.1, 0.15) is 25.8 Å². The molecular formula is C13H21NO. The third-order valence-corrected chi connectivity index (χ3v) is 2.27. The number of rotatable bonds is 7. The van der Waals surface area contributed by atoms with Gasteiger partial charge >= 0.3 is 0 Å². The maximum absolute atomic E-state index is 5.57. The Hall–Kier alpha value is -1.02. The van der Waals surface area contributed by atoms with E-state index in [9.17, 15) is 0 Å². The minimum absolute atomic E-state index is 0.736. The first-order chi connectivity index (χ1) is 7.38. The Kier molecular flexibility index (Phi) is 5.86. The summed E-state index contributed by atoms with van der Waals surface area (Å²) in [6.45, 7) is 7.06. The Morgan fingerprint density at radius 2 is 1.93 bits per heavy atom. The average Bonchev–Trinajstić information content (AvgIpc) is 2.27. The predicted octanol–water partition coefficient (Wildman–Crippen LogP) is 2.63. The highest BCUT2D eigenvalue weighted by atomic mass is 16.5. The van der Waals surface area contributed by atoms with Crippen LogP contribution in [0.4, 0.5) is 0 Å². The molecule has 1 N–H and O–H groups in total. The summed E-state index contributed by atoms with van der Waals surface area (Å²) in [6, 6.07) is 8.27. The Morgan fingerprint density at radius 3 is 2.67 bits per heavy atom. The highest BCUT2D eigenvalue weighted by Crippen LogP contribution is 2.17. The van der Waals surface area contributed by atoms with Gasteiger partial charge in [-0.3, -0.25) is 0 Å². The van der Waals surface area contributed by atoms with Crippen molar-refractivity contribution in [2.75, 3.05) is 19.7 Å². The van der Waals surface area contributed by atoms with Crippen molar-refractivity contribution >= 4 is 0 Å². The molecule has 0 saturated heterocycles. The van der Waals surface area contributed by atoms with E-state index in [1.165, 1.54) is 12.0 Å². The van der Waals surface area contributed by atoms with Gasteiger partial charge in [0.1, 0.15) is 5.75 Å². The van der Waals surface area contributed by atoms with Crippen LogP contribution in [-0.4, -0.2) is 19.7 Å². The van der Waals surface area contributed by atoms with E-state index in [1.54, 1.807) is 0 Å². The molecule has 1 aromatic rings. The lowest BCUT2D eigenvalue weighted by Gasteiger charge is -2.10. The number of nitrogens with one attached hydrogen (secondary N) is 1. The van der Waals surface area contributed by atoms with Crippen molar-refractivity contribution in [3.8, 4) is 5.75 Å². The van der Waals surface area contributed by atoms with Crippen LogP contribution in [0.5, 0.6) is 5.75 Å². The summed E-state index contributed by atoms with van der Waals surface area (Å²) in [5.41, 5.74) is 1.29. The zero-order valence-electron chi connectivity index (χ0n) is 9.75. The molecule has 0 aliphatic rings. The lowest BCUT2D eigenvalue weighted by atomic mass is 10.1. The van der Waals surface area contributed by atoms with E-state index in [2.05, 4.69) is 24.4 Å². The monoisotopic (exact) mass is 207 g/mol. The third kappa shape index (κ3) is 4.34. The second-order valence-corrected chi connectivity index (χ2v) is 3.54. The van der Waals surface area contributed by atoms with E-state index in [1.807, 2.05) is 19.1 Å². The first-order valence-corrected chi connectivity index (χ1v) is 5.80. The average molecular weight is 207 g/mol. The van der Waals surface area contributed by atoms with Crippen molar-refractivity contribution in [3.05, 3.63) is 29.8 Å². The molecule has 0 spiro atoms. The van der Waals surface area contributed by atoms with Gasteiger partial charge in [0.05, 0.1) is 6.61 Å². The summed E-state index contributed by atoms with van der Waals surface area (Å²) in [4.78, 5) is 0. The zero-order chi connectivity index (χ0) is 10.9. The molecule has 0 atom stereocenters. The van der Waals surface area contributed by atoms with Crippen LogP contribution in [0.3, 0.4) is 0 Å². The molecule has 0 radical (unpaired) electrons. The molecule has 0 aliphatic heterocycles. The van der Waals surface area contributed by atoms with E-state index >= 15 is 0 Å². The van der Waals surface area contributed by atoms with E-state index in [0.29, 0.717) is 0 Å². The van der Waals surface area contributed by atoms with Crippen LogP contribution in [0.2, 0.25) is 0 Å². The summed E-state index contributed by atoms with van der Waals surface area (Å²) < 4.78 is 5.57. The van der Waals surface area contributed by atoms with E-state index in [-0.39, 0.29) is 0 Å². The minimum Gasteiger partial charge on any atom is -0.494 e. The molecule has 15 heavy (non-hydrogen) atoms. The standard InChI is InChI=1S/C13H21NO/c1-3-10-14-11-9-12-7-5-6-8-13(12)15-4-2/h5-8,14H,3-4,9-11H2,1-2H3. The van der Waals surface area contributed by atoms with E-state index in [4.69, 9.17) is 4.74 Å². The van der Waals surface area contributed by atoms with Gasteiger partial charge in [0.15, 0.2) is 0 Å². The quantitative estimate of drug-likeness (QED) is 0.694. The highest BCUT2D eigenvalue weighted by Gasteiger charge is 2.00. The van der Waals surface area contributed by atoms with Crippen LogP contribution in [-0.2, 0) is 6.42 Å². The Balaban J connectivity index is 2.44. The molecule has 0 amide bonds. The number of ether oxygens (including phenoxy) is 1. The molecule has 1 rings (SSSR count). The second-order valence-electron chi connectivity index (χ2n) is 3.54. The summed E-state index contributed by atoms with van der Waals surface area (Å²) in [7, 11) is 0. The highest BCUT2D eigenvalue weighted by molar-refractivity contribution is 5.33. The van der Waals surface area contributed by atoms with Gasteiger partial charge in [-0.05, 0) is 44.5 Å². The molecule has 2 nitrogen and oxygen atoms in total. The molecule has 0 bridgehead atoms. The van der Waals surface area contributed by atoms with Crippen LogP contribution in [0.25, 0.3) is 0 Å². The lowest BCUT2D eigenvalue weighted by molar-refractivity contribution is 0.336. The first-order valence-electron chi connectivity index (χ1n) is 5.80. The molecular weight excluding hydrogens is 186 g/mol. The predicted molar refractivity (Wildman–Crippen MR) is 64.5 cm³/mol. The Labute approximate surface area is 92.6 Å². The number of para-hydroxylation sites is 1. The van der Waals surface area contributed by atoms with Gasteiger partial charge in [-0.1, -0.05) is 25.1 Å². The van der Waals surface area contributed by atoms with E-state index < -0.39 is 0 Å². The van der Waals surface area contributed by atoms with Gasteiger partial charge in [0, 0.05) is 0 Å². The molecule has 0 fully saturated rings. The number of hydrogen-bond donors (Lipinski definition) is 1. The smallest absolute Gasteiger partial charge is 0.122 e. The van der Waals surface area contributed by atoms with Crippen molar-refractivity contribution in [2.45, 2.75) is 26.7 Å². The Bertz CT molecular complexity index is 273. The lowest BCUT2D eigenvalue weighted by Crippen LogP contribution is -2.18. The van der Waals surface area contributed by atoms with Gasteiger partial charge in [-0.2, -0.15) is 0 Å². The summed E-state index contributed by atoms with van der Waals surface area (Å²) in [5, 5.41) is 3.40. The third-order valence-electron chi connectivity index (χ3n) is 2.27. The fourth-order valence-corrected chi connectivity index (χ4v) is 1.53. The van der Waals surface area contributed by atoms with Crippen molar-refractivity contribution in [1.29, 1.82) is 0 Å². The number of hydrogen-bond acceptors (Lipinski definition) is 2. The molecule has 2 heteroatoms. The van der Waals surface area contributed by atoms with Crippen LogP contribution >= 0.6 is 0 Å². The van der Waals surface area contributed by atoms with Crippen LogP contribution in [0.15, 0.2) is 24.3 Å². The molecule has 0 aromatic heterocycles. The van der Waals surface area contributed by atoms with Gasteiger partial charge in [-0.15, -0.1) is 0 Å². The molecule has 0 heterocycles. The summed E-state index contributed by atoms with van der Waals surface area (Å²) >= 11 is 0. The van der Waals surface area contributed by atoms with Crippen molar-refractivity contribution in [3.63, 3.8) is 0 Å². The largest absolute Gasteiger partial charge is 0.494 e. The van der Waals surface area contributed by atoms with Gasteiger partial charge in [-0.25, -0.2) is 0 Å².